The van der Waals surface area contributed by atoms with Gasteiger partial charge in [-0.05, 0) is 53.0 Å². The summed E-state index contributed by atoms with van der Waals surface area (Å²) in [7, 11) is 1.58. The van der Waals surface area contributed by atoms with E-state index in [2.05, 4.69) is 26.2 Å². The molecule has 8 nitrogen and oxygen atoms in total. The number of aliphatic hydroxyl groups excluding tert-OH is 1. The van der Waals surface area contributed by atoms with Crippen molar-refractivity contribution in [1.29, 1.82) is 0 Å². The summed E-state index contributed by atoms with van der Waals surface area (Å²) >= 11 is 3.32. The third kappa shape index (κ3) is 3.54. The lowest BCUT2D eigenvalue weighted by Gasteiger charge is -2.36. The summed E-state index contributed by atoms with van der Waals surface area (Å²) < 4.78 is 6.08. The molecule has 2 heterocycles. The van der Waals surface area contributed by atoms with Crippen LogP contribution in [0.1, 0.15) is 11.1 Å². The van der Waals surface area contributed by atoms with Gasteiger partial charge in [0.25, 0.3) is 5.91 Å². The Morgan fingerprint density at radius 2 is 2.08 bits per heavy atom. The van der Waals surface area contributed by atoms with E-state index in [4.69, 9.17) is 4.74 Å². The van der Waals surface area contributed by atoms with E-state index in [0.29, 0.717) is 10.5 Å². The Bertz CT molecular complexity index is 769. The molecule has 2 aliphatic heterocycles. The zero-order valence-electron chi connectivity index (χ0n) is 14.8. The van der Waals surface area contributed by atoms with Gasteiger partial charge in [0.2, 0.25) is 0 Å². The van der Waals surface area contributed by atoms with Gasteiger partial charge < -0.3 is 19.6 Å². The highest BCUT2D eigenvalue weighted by molar-refractivity contribution is 9.18. The zero-order valence-corrected chi connectivity index (χ0v) is 16.4. The number of aryl methyl sites for hydroxylation is 2. The van der Waals surface area contributed by atoms with Crippen molar-refractivity contribution < 1.29 is 19.4 Å². The largest absolute Gasteiger partial charge is 0.491 e. The molecule has 9 heteroatoms. The summed E-state index contributed by atoms with van der Waals surface area (Å²) in [6, 6.07) is 4.57. The van der Waals surface area contributed by atoms with E-state index in [9.17, 15) is 14.7 Å². The first-order valence-corrected chi connectivity index (χ1v) is 9.03. The molecule has 0 radical (unpaired) electrons. The predicted molar refractivity (Wildman–Crippen MR) is 99.4 cm³/mol. The molecule has 1 aromatic carbocycles. The molecular formula is C17H21BrN4O4. The number of nitrogens with one attached hydrogen (secondary N) is 1. The van der Waals surface area contributed by atoms with Crippen LogP contribution in [-0.2, 0) is 4.79 Å². The van der Waals surface area contributed by atoms with E-state index in [0.717, 1.165) is 5.56 Å². The molecule has 3 amide bonds. The van der Waals surface area contributed by atoms with Crippen LogP contribution in [0.25, 0.3) is 0 Å². The highest BCUT2D eigenvalue weighted by Crippen LogP contribution is 2.26. The number of β-amino-alcohol motifs (C(OH)–C–C–N with tert-alkyl or cyclic N) is 1. The van der Waals surface area contributed by atoms with Crippen molar-refractivity contribution in [3.05, 3.63) is 29.3 Å². The summed E-state index contributed by atoms with van der Waals surface area (Å²) in [4.78, 5) is 31.2. The number of amides is 3. The minimum Gasteiger partial charge on any atom is -0.491 e. The molecule has 0 spiro atoms. The number of hydrogen-bond donors (Lipinski definition) is 2. The average molecular weight is 425 g/mol. The zero-order chi connectivity index (χ0) is 19.0. The number of imide groups is 1. The van der Waals surface area contributed by atoms with Gasteiger partial charge in [-0.1, -0.05) is 6.07 Å². The van der Waals surface area contributed by atoms with Crippen LogP contribution in [0.15, 0.2) is 23.2 Å². The third-order valence-electron chi connectivity index (χ3n) is 4.64. The quantitative estimate of drug-likeness (QED) is 0.687. The molecule has 0 aliphatic carbocycles. The molecule has 2 aliphatic rings. The number of carbonyl (C=O) groups excluding carboxylic acids is 2. The van der Waals surface area contributed by atoms with E-state index >= 15 is 0 Å². The molecule has 0 aromatic heterocycles. The van der Waals surface area contributed by atoms with Crippen molar-refractivity contribution >= 4 is 32.6 Å². The third-order valence-corrected chi connectivity index (χ3v) is 5.30. The lowest BCUT2D eigenvalue weighted by molar-refractivity contribution is -0.127. The molecule has 1 aromatic rings. The SMILES string of the molecule is Cc1ccc(OCC(O)CN2C(Br)=NC3C2C(=O)NC(=O)N3C)cc1C. The molecule has 0 saturated carbocycles. The number of carbonyl (C=O) groups is 2. The van der Waals surface area contributed by atoms with E-state index in [-0.39, 0.29) is 13.2 Å². The monoisotopic (exact) mass is 424 g/mol. The van der Waals surface area contributed by atoms with Crippen LogP contribution in [-0.4, -0.2) is 70.1 Å². The van der Waals surface area contributed by atoms with Crippen LogP contribution in [0, 0.1) is 13.8 Å². The fourth-order valence-corrected chi connectivity index (χ4v) is 3.53. The molecule has 140 valence electrons. The van der Waals surface area contributed by atoms with Crippen molar-refractivity contribution in [2.24, 2.45) is 4.99 Å². The van der Waals surface area contributed by atoms with Crippen LogP contribution in [0.4, 0.5) is 4.79 Å². The number of aliphatic imine (C=N–C) groups is 1. The Labute approximate surface area is 159 Å². The number of hydrogen-bond acceptors (Lipinski definition) is 6. The lowest BCUT2D eigenvalue weighted by Crippen LogP contribution is -2.64. The Balaban J connectivity index is 1.62. The predicted octanol–water partition coefficient (Wildman–Crippen LogP) is 0.986. The fraction of sp³-hybridized carbons (Fsp3) is 0.471. The number of halogens is 1. The van der Waals surface area contributed by atoms with Gasteiger partial charge in [0.05, 0.1) is 6.54 Å². The molecule has 2 N–H and O–H groups in total. The Kier molecular flexibility index (Phi) is 5.19. The Hall–Kier alpha value is -2.13. The first kappa shape index (κ1) is 18.7. The number of urea groups is 1. The van der Waals surface area contributed by atoms with E-state index in [1.165, 1.54) is 10.5 Å². The van der Waals surface area contributed by atoms with Crippen LogP contribution in [0.5, 0.6) is 5.75 Å². The second-order valence-electron chi connectivity index (χ2n) is 6.53. The van der Waals surface area contributed by atoms with Crippen LogP contribution >= 0.6 is 15.9 Å². The molecule has 1 fully saturated rings. The smallest absolute Gasteiger partial charge is 0.325 e. The van der Waals surface area contributed by atoms with Crippen molar-refractivity contribution in [2.75, 3.05) is 20.2 Å². The molecule has 3 atom stereocenters. The number of amidine groups is 1. The minimum absolute atomic E-state index is 0.0764. The summed E-state index contributed by atoms with van der Waals surface area (Å²) in [6.45, 7) is 4.24. The van der Waals surface area contributed by atoms with Crippen molar-refractivity contribution in [2.45, 2.75) is 32.2 Å². The van der Waals surface area contributed by atoms with Gasteiger partial charge in [-0.3, -0.25) is 10.1 Å². The van der Waals surface area contributed by atoms with Crippen LogP contribution < -0.4 is 10.1 Å². The molecule has 26 heavy (non-hydrogen) atoms. The van der Waals surface area contributed by atoms with Gasteiger partial charge in [0.15, 0.2) is 17.0 Å². The summed E-state index contributed by atoms with van der Waals surface area (Å²) in [5.74, 6) is 0.249. The topological polar surface area (TPSA) is 94.5 Å². The average Bonchev–Trinajstić information content (AvgIpc) is 2.91. The summed E-state index contributed by atoms with van der Waals surface area (Å²) in [5.41, 5.74) is 2.28. The van der Waals surface area contributed by atoms with Crippen LogP contribution in [0.2, 0.25) is 0 Å². The summed E-state index contributed by atoms with van der Waals surface area (Å²) in [6.07, 6.45) is -1.45. The second kappa shape index (κ2) is 7.24. The van der Waals surface area contributed by atoms with E-state index in [1.807, 2.05) is 32.0 Å². The number of ether oxygens (including phenoxy) is 1. The highest BCUT2D eigenvalue weighted by atomic mass is 79.9. The first-order valence-electron chi connectivity index (χ1n) is 8.23. The lowest BCUT2D eigenvalue weighted by atomic mass is 10.1. The highest BCUT2D eigenvalue weighted by Gasteiger charge is 2.48. The van der Waals surface area contributed by atoms with Gasteiger partial charge in [-0.25, -0.2) is 9.79 Å². The van der Waals surface area contributed by atoms with Gasteiger partial charge >= 0.3 is 6.03 Å². The van der Waals surface area contributed by atoms with E-state index < -0.39 is 30.2 Å². The van der Waals surface area contributed by atoms with Crippen LogP contribution in [0.3, 0.4) is 0 Å². The van der Waals surface area contributed by atoms with Crippen molar-refractivity contribution in [3.63, 3.8) is 0 Å². The number of aliphatic hydroxyl groups is 1. The summed E-state index contributed by atoms with van der Waals surface area (Å²) in [5, 5.41) is 12.6. The minimum atomic E-state index is -0.839. The number of likely N-dealkylation sites (N-methyl/N-ethyl adjacent to an activating group) is 1. The number of rotatable bonds is 5. The maximum Gasteiger partial charge on any atom is 0.325 e. The fourth-order valence-electron chi connectivity index (χ4n) is 2.96. The maximum absolute atomic E-state index is 12.2. The second-order valence-corrected chi connectivity index (χ2v) is 7.23. The molecule has 1 saturated heterocycles. The first-order chi connectivity index (χ1) is 12.3. The Morgan fingerprint density at radius 3 is 2.77 bits per heavy atom. The molecular weight excluding hydrogens is 404 g/mol. The molecule has 0 bridgehead atoms. The van der Waals surface area contributed by atoms with Gasteiger partial charge in [-0.2, -0.15) is 0 Å². The van der Waals surface area contributed by atoms with Gasteiger partial charge in [0, 0.05) is 7.05 Å². The standard InChI is InChI=1S/C17H21BrN4O4/c1-9-4-5-12(6-10(9)2)26-8-11(23)7-22-13-14(19-16(22)18)21(3)17(25)20-15(13)24/h4-6,11,13-14,23H,7-8H2,1-3H3,(H,20,24,25). The van der Waals surface area contributed by atoms with Crippen molar-refractivity contribution in [1.82, 2.24) is 15.1 Å². The number of nitrogens with zero attached hydrogens (tertiary/aromatic N) is 3. The number of benzene rings is 1. The number of fused-ring (bicyclic) bond motifs is 1. The van der Waals surface area contributed by atoms with Gasteiger partial charge in [0.1, 0.15) is 18.5 Å². The van der Waals surface area contributed by atoms with Crippen molar-refractivity contribution in [3.8, 4) is 5.75 Å². The van der Waals surface area contributed by atoms with E-state index in [1.54, 1.807) is 11.9 Å². The van der Waals surface area contributed by atoms with Gasteiger partial charge in [-0.15, -0.1) is 0 Å². The normalized spacial score (nSPS) is 23.5. The Morgan fingerprint density at radius 1 is 1.35 bits per heavy atom. The maximum atomic E-state index is 12.2. The molecule has 3 rings (SSSR count). The molecule has 3 unspecified atom stereocenters.